The lowest BCUT2D eigenvalue weighted by Crippen LogP contribution is -2.46. The average molecular weight is 363 g/mol. The van der Waals surface area contributed by atoms with Crippen LogP contribution in [0.5, 0.6) is 0 Å². The molecule has 0 radical (unpaired) electrons. The van der Waals surface area contributed by atoms with Crippen molar-refractivity contribution in [3.05, 3.63) is 29.0 Å². The van der Waals surface area contributed by atoms with E-state index in [2.05, 4.69) is 10.3 Å². The number of rotatable bonds is 4. The number of aromatic nitrogens is 1. The van der Waals surface area contributed by atoms with Gasteiger partial charge in [-0.25, -0.2) is 9.78 Å². The van der Waals surface area contributed by atoms with Gasteiger partial charge in [0.1, 0.15) is 5.76 Å². The largest absolute Gasteiger partial charge is 0.453 e. The van der Waals surface area contributed by atoms with E-state index in [-0.39, 0.29) is 24.5 Å². The standard InChI is InChI=1S/C17H21N3O4S/c1-11-13(19-16(24-11)14-4-3-9-25-14)10-15(21)18-12-5-7-20(8-6-12)17(22)23-2/h3-4,9,12H,5-8,10H2,1-2H3,(H,18,21). The van der Waals surface area contributed by atoms with Crippen LogP contribution in [0.3, 0.4) is 0 Å². The van der Waals surface area contributed by atoms with E-state index in [9.17, 15) is 9.59 Å². The minimum atomic E-state index is -0.316. The SMILES string of the molecule is COC(=O)N1CCC(NC(=O)Cc2nc(-c3cccs3)oc2C)CC1. The molecule has 1 fully saturated rings. The van der Waals surface area contributed by atoms with E-state index in [1.54, 1.807) is 16.2 Å². The topological polar surface area (TPSA) is 84.7 Å². The van der Waals surface area contributed by atoms with Gasteiger partial charge in [0.05, 0.1) is 24.1 Å². The highest BCUT2D eigenvalue weighted by Gasteiger charge is 2.25. The number of hydrogen-bond acceptors (Lipinski definition) is 6. The Morgan fingerprint density at radius 2 is 2.20 bits per heavy atom. The van der Waals surface area contributed by atoms with Crippen LogP contribution >= 0.6 is 11.3 Å². The Kier molecular flexibility index (Phi) is 5.37. The number of nitrogens with zero attached hydrogens (tertiary/aromatic N) is 2. The zero-order valence-corrected chi connectivity index (χ0v) is 15.1. The molecular weight excluding hydrogens is 342 g/mol. The van der Waals surface area contributed by atoms with Crippen LogP contribution in [0.1, 0.15) is 24.3 Å². The van der Waals surface area contributed by atoms with Crippen molar-refractivity contribution < 1.29 is 18.7 Å². The summed E-state index contributed by atoms with van der Waals surface area (Å²) in [5.41, 5.74) is 0.660. The molecule has 1 aliphatic rings. The van der Waals surface area contributed by atoms with Crippen LogP contribution in [0.25, 0.3) is 10.8 Å². The highest BCUT2D eigenvalue weighted by Crippen LogP contribution is 2.26. The molecule has 7 nitrogen and oxygen atoms in total. The van der Waals surface area contributed by atoms with Gasteiger partial charge in [0, 0.05) is 19.1 Å². The second kappa shape index (κ2) is 7.69. The molecule has 0 atom stereocenters. The van der Waals surface area contributed by atoms with Crippen molar-refractivity contribution in [2.45, 2.75) is 32.2 Å². The Morgan fingerprint density at radius 1 is 1.44 bits per heavy atom. The smallest absolute Gasteiger partial charge is 0.409 e. The van der Waals surface area contributed by atoms with Crippen molar-refractivity contribution in [1.29, 1.82) is 0 Å². The second-order valence-corrected chi connectivity index (χ2v) is 6.92. The predicted molar refractivity (Wildman–Crippen MR) is 93.4 cm³/mol. The van der Waals surface area contributed by atoms with E-state index in [1.165, 1.54) is 7.11 Å². The van der Waals surface area contributed by atoms with Gasteiger partial charge in [0.15, 0.2) is 0 Å². The number of aryl methyl sites for hydroxylation is 1. The van der Waals surface area contributed by atoms with E-state index in [1.807, 2.05) is 24.4 Å². The number of thiophene rings is 1. The monoisotopic (exact) mass is 363 g/mol. The molecule has 2 aromatic heterocycles. The summed E-state index contributed by atoms with van der Waals surface area (Å²) in [6.07, 6.45) is 1.32. The summed E-state index contributed by atoms with van der Waals surface area (Å²) < 4.78 is 10.4. The van der Waals surface area contributed by atoms with Crippen LogP contribution in [-0.4, -0.2) is 48.1 Å². The molecule has 0 spiro atoms. The van der Waals surface area contributed by atoms with Crippen molar-refractivity contribution in [3.8, 4) is 10.8 Å². The first-order valence-corrected chi connectivity index (χ1v) is 9.07. The van der Waals surface area contributed by atoms with Crippen molar-refractivity contribution >= 4 is 23.3 Å². The molecule has 134 valence electrons. The number of piperidine rings is 1. The molecule has 25 heavy (non-hydrogen) atoms. The third kappa shape index (κ3) is 4.19. The first-order valence-electron chi connectivity index (χ1n) is 8.19. The summed E-state index contributed by atoms with van der Waals surface area (Å²) in [5.74, 6) is 1.14. The molecule has 8 heteroatoms. The van der Waals surface area contributed by atoms with Crippen molar-refractivity contribution in [2.24, 2.45) is 0 Å². The molecule has 1 aliphatic heterocycles. The number of ether oxygens (including phenoxy) is 1. The number of hydrogen-bond donors (Lipinski definition) is 1. The molecule has 2 aromatic rings. The summed E-state index contributed by atoms with van der Waals surface area (Å²) in [6, 6.07) is 3.94. The molecule has 0 bridgehead atoms. The maximum Gasteiger partial charge on any atom is 0.409 e. The summed E-state index contributed by atoms with van der Waals surface area (Å²) in [6.45, 7) is 2.99. The van der Waals surface area contributed by atoms with Crippen LogP contribution in [0.15, 0.2) is 21.9 Å². The Bertz CT molecular complexity index is 733. The van der Waals surface area contributed by atoms with Crippen LogP contribution in [0, 0.1) is 6.92 Å². The number of oxazole rings is 1. The maximum atomic E-state index is 12.3. The van der Waals surface area contributed by atoms with E-state index < -0.39 is 0 Å². The molecule has 3 rings (SSSR count). The van der Waals surface area contributed by atoms with E-state index >= 15 is 0 Å². The highest BCUT2D eigenvalue weighted by atomic mass is 32.1. The van der Waals surface area contributed by atoms with Gasteiger partial charge in [-0.05, 0) is 31.2 Å². The zero-order valence-electron chi connectivity index (χ0n) is 14.3. The molecule has 3 heterocycles. The molecule has 0 saturated carbocycles. The lowest BCUT2D eigenvalue weighted by molar-refractivity contribution is -0.121. The number of amides is 2. The fourth-order valence-corrected chi connectivity index (χ4v) is 3.51. The number of nitrogens with one attached hydrogen (secondary N) is 1. The molecule has 1 N–H and O–H groups in total. The molecule has 1 saturated heterocycles. The fourth-order valence-electron chi connectivity index (χ4n) is 2.86. The normalized spacial score (nSPS) is 15.2. The zero-order chi connectivity index (χ0) is 17.8. The van der Waals surface area contributed by atoms with Gasteiger partial charge in [-0.1, -0.05) is 6.07 Å². The average Bonchev–Trinajstić information content (AvgIpc) is 3.25. The Balaban J connectivity index is 1.53. The fraction of sp³-hybridized carbons (Fsp3) is 0.471. The van der Waals surface area contributed by atoms with Gasteiger partial charge in [-0.3, -0.25) is 4.79 Å². The summed E-state index contributed by atoms with van der Waals surface area (Å²) in [7, 11) is 1.38. The Hall–Kier alpha value is -2.35. The highest BCUT2D eigenvalue weighted by molar-refractivity contribution is 7.13. The van der Waals surface area contributed by atoms with Crippen LogP contribution in [0.2, 0.25) is 0 Å². The van der Waals surface area contributed by atoms with E-state index in [0.717, 1.165) is 17.7 Å². The third-order valence-corrected chi connectivity index (χ3v) is 5.10. The predicted octanol–water partition coefficient (Wildman–Crippen LogP) is 2.60. The van der Waals surface area contributed by atoms with Crippen molar-refractivity contribution in [2.75, 3.05) is 20.2 Å². The first-order chi connectivity index (χ1) is 12.1. The lowest BCUT2D eigenvalue weighted by atomic mass is 10.1. The van der Waals surface area contributed by atoms with Crippen LogP contribution in [-0.2, 0) is 16.0 Å². The van der Waals surface area contributed by atoms with Gasteiger partial charge in [0.25, 0.3) is 0 Å². The summed E-state index contributed by atoms with van der Waals surface area (Å²) >= 11 is 1.55. The van der Waals surface area contributed by atoms with Crippen molar-refractivity contribution in [1.82, 2.24) is 15.2 Å². The summed E-state index contributed by atoms with van der Waals surface area (Å²) in [5, 5.41) is 4.98. The Labute approximate surface area is 150 Å². The van der Waals surface area contributed by atoms with Crippen LogP contribution < -0.4 is 5.32 Å². The molecule has 0 aromatic carbocycles. The van der Waals surface area contributed by atoms with Gasteiger partial charge < -0.3 is 19.4 Å². The number of carbonyl (C=O) groups excluding carboxylic acids is 2. The minimum absolute atomic E-state index is 0.0670. The van der Waals surface area contributed by atoms with Gasteiger partial charge in [-0.2, -0.15) is 0 Å². The van der Waals surface area contributed by atoms with Gasteiger partial charge in [0.2, 0.25) is 11.8 Å². The molecule has 0 aliphatic carbocycles. The molecule has 0 unspecified atom stereocenters. The lowest BCUT2D eigenvalue weighted by Gasteiger charge is -2.31. The number of carbonyl (C=O) groups is 2. The van der Waals surface area contributed by atoms with Gasteiger partial charge in [-0.15, -0.1) is 11.3 Å². The van der Waals surface area contributed by atoms with E-state index in [0.29, 0.717) is 30.4 Å². The maximum absolute atomic E-state index is 12.3. The number of likely N-dealkylation sites (tertiary alicyclic amines) is 1. The first kappa shape index (κ1) is 17.5. The Morgan fingerprint density at radius 3 is 2.84 bits per heavy atom. The second-order valence-electron chi connectivity index (χ2n) is 5.97. The van der Waals surface area contributed by atoms with Gasteiger partial charge >= 0.3 is 6.09 Å². The van der Waals surface area contributed by atoms with E-state index in [4.69, 9.17) is 9.15 Å². The third-order valence-electron chi connectivity index (χ3n) is 4.25. The van der Waals surface area contributed by atoms with Crippen molar-refractivity contribution in [3.63, 3.8) is 0 Å². The van der Waals surface area contributed by atoms with Crippen LogP contribution in [0.4, 0.5) is 4.79 Å². The summed E-state index contributed by atoms with van der Waals surface area (Å²) in [4.78, 5) is 30.8. The minimum Gasteiger partial charge on any atom is -0.453 e. The quantitative estimate of drug-likeness (QED) is 0.902. The number of methoxy groups -OCH3 is 1. The molecular formula is C17H21N3O4S. The molecule has 2 amide bonds.